The number of carbonyl (C=O) groups is 3. The van der Waals surface area contributed by atoms with E-state index < -0.39 is 5.97 Å². The van der Waals surface area contributed by atoms with Crippen molar-refractivity contribution in [2.45, 2.75) is 53.4 Å². The normalized spacial score (nSPS) is 22.9. The Morgan fingerprint density at radius 1 is 1.14 bits per heavy atom. The summed E-state index contributed by atoms with van der Waals surface area (Å²) >= 11 is 1.19. The number of nitrogens with zero attached hydrogens (tertiary/aromatic N) is 1. The van der Waals surface area contributed by atoms with E-state index in [0.29, 0.717) is 45.9 Å². The highest BCUT2D eigenvalue weighted by atomic mass is 32.1. The Morgan fingerprint density at radius 2 is 1.86 bits per heavy atom. The van der Waals surface area contributed by atoms with Crippen LogP contribution in [0.25, 0.3) is 0 Å². The molecule has 2 aliphatic carbocycles. The van der Waals surface area contributed by atoms with Gasteiger partial charge in [-0.3, -0.25) is 9.59 Å². The van der Waals surface area contributed by atoms with Crippen LogP contribution in [0.3, 0.4) is 0 Å². The van der Waals surface area contributed by atoms with Gasteiger partial charge in [0.15, 0.2) is 0 Å². The summed E-state index contributed by atoms with van der Waals surface area (Å²) in [7, 11) is 0. The van der Waals surface area contributed by atoms with Gasteiger partial charge in [-0.25, -0.2) is 4.79 Å². The Balaban J connectivity index is 1.89. The molecule has 154 valence electrons. The Labute approximate surface area is 170 Å². The van der Waals surface area contributed by atoms with Crippen LogP contribution in [0, 0.1) is 24.7 Å². The summed E-state index contributed by atoms with van der Waals surface area (Å²) in [6.45, 7) is 8.78. The van der Waals surface area contributed by atoms with Gasteiger partial charge in [0, 0.05) is 19.0 Å². The standard InChI is InChI=1S/C21H30N2O4S/c1-5-23(6-2)20(25)17-12(4)16(21(26)27-7-3)19(28-17)22-18(24)15-11-13-8-9-14(15)10-13/h13-15H,5-11H2,1-4H3,(H,22,24)/t13-,14-,15-/m1/s1. The number of rotatable bonds is 7. The average Bonchev–Trinajstić information content (AvgIpc) is 3.37. The molecule has 2 amide bonds. The van der Waals surface area contributed by atoms with Gasteiger partial charge in [0.1, 0.15) is 5.00 Å². The molecule has 2 bridgehead atoms. The third-order valence-electron chi connectivity index (χ3n) is 6.18. The summed E-state index contributed by atoms with van der Waals surface area (Å²) in [5, 5.41) is 3.42. The van der Waals surface area contributed by atoms with Gasteiger partial charge in [-0.1, -0.05) is 6.42 Å². The molecule has 0 saturated heterocycles. The third-order valence-corrected chi connectivity index (χ3v) is 7.38. The monoisotopic (exact) mass is 406 g/mol. The summed E-state index contributed by atoms with van der Waals surface area (Å²) in [5.41, 5.74) is 0.905. The quantitative estimate of drug-likeness (QED) is 0.692. The van der Waals surface area contributed by atoms with E-state index >= 15 is 0 Å². The van der Waals surface area contributed by atoms with Gasteiger partial charge in [0.25, 0.3) is 5.91 Å². The fraction of sp³-hybridized carbons (Fsp3) is 0.667. The first-order valence-corrected chi connectivity index (χ1v) is 11.1. The van der Waals surface area contributed by atoms with Gasteiger partial charge >= 0.3 is 5.97 Å². The Bertz CT molecular complexity index is 769. The lowest BCUT2D eigenvalue weighted by molar-refractivity contribution is -0.121. The van der Waals surface area contributed by atoms with Gasteiger partial charge in [-0.15, -0.1) is 11.3 Å². The second-order valence-electron chi connectivity index (χ2n) is 7.73. The van der Waals surface area contributed by atoms with Crippen molar-refractivity contribution in [2.75, 3.05) is 25.0 Å². The van der Waals surface area contributed by atoms with Crippen LogP contribution < -0.4 is 5.32 Å². The molecular formula is C21H30N2O4S. The second kappa shape index (κ2) is 8.64. The number of esters is 1. The van der Waals surface area contributed by atoms with Crippen LogP contribution in [-0.2, 0) is 9.53 Å². The zero-order chi connectivity index (χ0) is 20.4. The number of fused-ring (bicyclic) bond motifs is 2. The number of carbonyl (C=O) groups excluding carboxylic acids is 3. The van der Waals surface area contributed by atoms with Crippen molar-refractivity contribution < 1.29 is 19.1 Å². The van der Waals surface area contributed by atoms with E-state index in [1.54, 1.807) is 18.7 Å². The second-order valence-corrected chi connectivity index (χ2v) is 8.75. The molecule has 1 aromatic heterocycles. The largest absolute Gasteiger partial charge is 0.462 e. The van der Waals surface area contributed by atoms with Crippen molar-refractivity contribution in [3.63, 3.8) is 0 Å². The molecule has 2 saturated carbocycles. The van der Waals surface area contributed by atoms with Crippen molar-refractivity contribution in [3.8, 4) is 0 Å². The van der Waals surface area contributed by atoms with Crippen molar-refractivity contribution in [1.29, 1.82) is 0 Å². The molecule has 3 atom stereocenters. The van der Waals surface area contributed by atoms with E-state index in [0.717, 1.165) is 19.3 Å². The molecule has 0 aromatic carbocycles. The molecule has 1 aromatic rings. The molecule has 0 spiro atoms. The van der Waals surface area contributed by atoms with Crippen molar-refractivity contribution >= 4 is 34.1 Å². The first-order chi connectivity index (χ1) is 13.4. The van der Waals surface area contributed by atoms with Crippen LogP contribution in [0.1, 0.15) is 72.0 Å². The van der Waals surface area contributed by atoms with Gasteiger partial charge < -0.3 is 15.0 Å². The van der Waals surface area contributed by atoms with Crippen LogP contribution in [0.5, 0.6) is 0 Å². The maximum Gasteiger partial charge on any atom is 0.341 e. The zero-order valence-corrected chi connectivity index (χ0v) is 18.0. The molecule has 0 aliphatic heterocycles. The maximum atomic E-state index is 12.9. The number of ether oxygens (including phenoxy) is 1. The lowest BCUT2D eigenvalue weighted by Crippen LogP contribution is -2.30. The fourth-order valence-corrected chi connectivity index (χ4v) is 5.85. The van der Waals surface area contributed by atoms with E-state index in [9.17, 15) is 14.4 Å². The third kappa shape index (κ3) is 3.81. The smallest absolute Gasteiger partial charge is 0.341 e. The molecule has 7 heteroatoms. The van der Waals surface area contributed by atoms with E-state index in [-0.39, 0.29) is 24.3 Å². The Kier molecular flexibility index (Phi) is 6.43. The number of hydrogen-bond acceptors (Lipinski definition) is 5. The number of amides is 2. The predicted octanol–water partition coefficient (Wildman–Crippen LogP) is 4.09. The molecule has 2 fully saturated rings. The average molecular weight is 407 g/mol. The molecule has 0 radical (unpaired) electrons. The van der Waals surface area contributed by atoms with Crippen LogP contribution >= 0.6 is 11.3 Å². The molecule has 1 heterocycles. The van der Waals surface area contributed by atoms with Crippen molar-refractivity contribution in [1.82, 2.24) is 4.90 Å². The van der Waals surface area contributed by atoms with Gasteiger partial charge in [0.05, 0.1) is 17.0 Å². The lowest BCUT2D eigenvalue weighted by Gasteiger charge is -2.20. The van der Waals surface area contributed by atoms with Crippen LogP contribution in [0.4, 0.5) is 5.00 Å². The lowest BCUT2D eigenvalue weighted by atomic mass is 9.88. The molecule has 2 aliphatic rings. The first-order valence-electron chi connectivity index (χ1n) is 10.3. The molecular weight excluding hydrogens is 376 g/mol. The Hall–Kier alpha value is -1.89. The highest BCUT2D eigenvalue weighted by Crippen LogP contribution is 2.49. The highest BCUT2D eigenvalue weighted by molar-refractivity contribution is 7.18. The number of hydrogen-bond donors (Lipinski definition) is 1. The van der Waals surface area contributed by atoms with E-state index in [1.807, 2.05) is 13.8 Å². The Morgan fingerprint density at radius 3 is 2.39 bits per heavy atom. The number of thiophene rings is 1. The maximum absolute atomic E-state index is 12.9. The van der Waals surface area contributed by atoms with Gasteiger partial charge in [-0.2, -0.15) is 0 Å². The van der Waals surface area contributed by atoms with E-state index in [1.165, 1.54) is 17.8 Å². The topological polar surface area (TPSA) is 75.7 Å². The van der Waals surface area contributed by atoms with Crippen LogP contribution in [0.15, 0.2) is 0 Å². The predicted molar refractivity (Wildman–Crippen MR) is 110 cm³/mol. The van der Waals surface area contributed by atoms with Crippen LogP contribution in [-0.4, -0.2) is 42.4 Å². The van der Waals surface area contributed by atoms with Gasteiger partial charge in [0.2, 0.25) is 5.91 Å². The summed E-state index contributed by atoms with van der Waals surface area (Å²) in [6, 6.07) is 0. The number of nitrogens with one attached hydrogen (secondary N) is 1. The van der Waals surface area contributed by atoms with Crippen molar-refractivity contribution in [3.05, 3.63) is 16.0 Å². The van der Waals surface area contributed by atoms with E-state index in [4.69, 9.17) is 4.74 Å². The van der Waals surface area contributed by atoms with Crippen LogP contribution in [0.2, 0.25) is 0 Å². The highest BCUT2D eigenvalue weighted by Gasteiger charge is 2.43. The number of anilines is 1. The minimum atomic E-state index is -0.488. The molecule has 1 N–H and O–H groups in total. The minimum absolute atomic E-state index is 0.0122. The molecule has 28 heavy (non-hydrogen) atoms. The SMILES string of the molecule is CCOC(=O)c1c(NC(=O)[C@@H]2C[C@@H]3CC[C@@H]2C3)sc(C(=O)N(CC)CC)c1C. The fourth-order valence-electron chi connectivity index (χ4n) is 4.68. The minimum Gasteiger partial charge on any atom is -0.462 e. The summed E-state index contributed by atoms with van der Waals surface area (Å²) in [6.07, 6.45) is 4.41. The molecule has 3 rings (SSSR count). The summed E-state index contributed by atoms with van der Waals surface area (Å²) < 4.78 is 5.20. The summed E-state index contributed by atoms with van der Waals surface area (Å²) in [4.78, 5) is 40.6. The van der Waals surface area contributed by atoms with Crippen molar-refractivity contribution in [2.24, 2.45) is 17.8 Å². The van der Waals surface area contributed by atoms with Gasteiger partial charge in [-0.05, 0) is 64.4 Å². The first kappa shape index (κ1) is 20.8. The molecule has 0 unspecified atom stereocenters. The molecule has 6 nitrogen and oxygen atoms in total. The van der Waals surface area contributed by atoms with E-state index in [2.05, 4.69) is 5.32 Å². The zero-order valence-electron chi connectivity index (χ0n) is 17.2. The summed E-state index contributed by atoms with van der Waals surface area (Å²) in [5.74, 6) is 0.500.